The molecule has 1 aliphatic rings. The molecule has 2 rings (SSSR count). The van der Waals surface area contributed by atoms with Gasteiger partial charge in [-0.2, -0.15) is 11.3 Å². The van der Waals surface area contributed by atoms with Gasteiger partial charge in [-0.25, -0.2) is 0 Å². The molecule has 0 saturated carbocycles. The van der Waals surface area contributed by atoms with Crippen LogP contribution in [0.25, 0.3) is 0 Å². The molecule has 1 atom stereocenters. The second-order valence-corrected chi connectivity index (χ2v) is 4.25. The van der Waals surface area contributed by atoms with Crippen molar-refractivity contribution in [2.24, 2.45) is 0 Å². The average Bonchev–Trinajstić information content (AvgIpc) is 2.51. The summed E-state index contributed by atoms with van der Waals surface area (Å²) < 4.78 is 0. The average molecular weight is 195 g/mol. The van der Waals surface area contributed by atoms with Gasteiger partial charge in [0.15, 0.2) is 0 Å². The number of hydrogen-bond donors (Lipinski definition) is 1. The van der Waals surface area contributed by atoms with E-state index in [0.29, 0.717) is 18.6 Å². The van der Waals surface area contributed by atoms with Gasteiger partial charge >= 0.3 is 0 Å². The first kappa shape index (κ1) is 8.91. The van der Waals surface area contributed by atoms with E-state index in [4.69, 9.17) is 0 Å². The number of nitrogens with one attached hydrogen (secondary N) is 1. The van der Waals surface area contributed by atoms with Crippen molar-refractivity contribution in [1.29, 1.82) is 0 Å². The lowest BCUT2D eigenvalue weighted by Crippen LogP contribution is -2.31. The van der Waals surface area contributed by atoms with Crippen molar-refractivity contribution in [3.8, 4) is 0 Å². The molecule has 0 aliphatic carbocycles. The van der Waals surface area contributed by atoms with Gasteiger partial charge in [-0.1, -0.05) is 0 Å². The monoisotopic (exact) mass is 195 g/mol. The molecule has 2 heterocycles. The zero-order chi connectivity index (χ0) is 9.26. The van der Waals surface area contributed by atoms with Gasteiger partial charge < -0.3 is 5.32 Å². The Morgan fingerprint density at radius 3 is 3.00 bits per heavy atom. The van der Waals surface area contributed by atoms with Crippen LogP contribution in [0.5, 0.6) is 0 Å². The van der Waals surface area contributed by atoms with Gasteiger partial charge in [0, 0.05) is 25.4 Å². The highest BCUT2D eigenvalue weighted by molar-refractivity contribution is 7.08. The summed E-state index contributed by atoms with van der Waals surface area (Å²) >= 11 is 1.71. The molecule has 0 amide bonds. The van der Waals surface area contributed by atoms with Crippen molar-refractivity contribution in [3.05, 3.63) is 21.9 Å². The van der Waals surface area contributed by atoms with Crippen LogP contribution in [0.3, 0.4) is 0 Å². The van der Waals surface area contributed by atoms with Crippen LogP contribution < -0.4 is 5.32 Å². The van der Waals surface area contributed by atoms with E-state index < -0.39 is 0 Å². The highest BCUT2D eigenvalue weighted by atomic mass is 32.1. The number of aryl methyl sites for hydroxylation is 1. The summed E-state index contributed by atoms with van der Waals surface area (Å²) in [5, 5.41) is 7.66. The van der Waals surface area contributed by atoms with Crippen LogP contribution in [-0.4, -0.2) is 12.3 Å². The quantitative estimate of drug-likeness (QED) is 0.743. The lowest BCUT2D eigenvalue weighted by molar-refractivity contribution is -0.120. The predicted molar refractivity (Wildman–Crippen MR) is 54.0 cm³/mol. The van der Waals surface area contributed by atoms with Crippen LogP contribution in [0.2, 0.25) is 0 Å². The smallest absolute Gasteiger partial charge is 0.136 e. The Bertz CT molecular complexity index is 318. The Kier molecular flexibility index (Phi) is 2.47. The fraction of sp³-hybridized carbons (Fsp3) is 0.500. The molecular formula is C10H13NOS. The van der Waals surface area contributed by atoms with Crippen molar-refractivity contribution >= 4 is 17.1 Å². The molecule has 1 N–H and O–H groups in total. The molecule has 3 heteroatoms. The van der Waals surface area contributed by atoms with E-state index in [1.807, 2.05) is 0 Å². The SMILES string of the molecule is Cc1cscc1C1CC(=O)CCN1. The van der Waals surface area contributed by atoms with Crippen molar-refractivity contribution in [2.45, 2.75) is 25.8 Å². The third kappa shape index (κ3) is 1.81. The number of rotatable bonds is 1. The van der Waals surface area contributed by atoms with E-state index in [9.17, 15) is 4.79 Å². The molecule has 2 nitrogen and oxygen atoms in total. The second kappa shape index (κ2) is 3.60. The zero-order valence-corrected chi connectivity index (χ0v) is 8.49. The summed E-state index contributed by atoms with van der Waals surface area (Å²) in [7, 11) is 0. The molecule has 1 fully saturated rings. The van der Waals surface area contributed by atoms with Gasteiger partial charge in [-0.3, -0.25) is 4.79 Å². The first-order valence-electron chi connectivity index (χ1n) is 4.55. The summed E-state index contributed by atoms with van der Waals surface area (Å²) in [5.74, 6) is 0.384. The van der Waals surface area contributed by atoms with Crippen LogP contribution >= 0.6 is 11.3 Å². The van der Waals surface area contributed by atoms with Crippen molar-refractivity contribution in [3.63, 3.8) is 0 Å². The first-order valence-corrected chi connectivity index (χ1v) is 5.49. The molecule has 1 saturated heterocycles. The maximum atomic E-state index is 11.2. The molecule has 0 aromatic carbocycles. The van der Waals surface area contributed by atoms with Gasteiger partial charge in [-0.15, -0.1) is 0 Å². The third-order valence-corrected chi connectivity index (χ3v) is 3.38. The minimum atomic E-state index is 0.271. The van der Waals surface area contributed by atoms with Crippen LogP contribution in [-0.2, 0) is 4.79 Å². The number of Topliss-reactive ketones (excluding diaryl/α,β-unsaturated/α-hetero) is 1. The lowest BCUT2D eigenvalue weighted by Gasteiger charge is -2.22. The number of ketones is 1. The fourth-order valence-corrected chi connectivity index (χ4v) is 2.64. The zero-order valence-electron chi connectivity index (χ0n) is 7.67. The molecule has 0 bridgehead atoms. The largest absolute Gasteiger partial charge is 0.309 e. The Morgan fingerprint density at radius 2 is 2.38 bits per heavy atom. The molecule has 1 aromatic rings. The summed E-state index contributed by atoms with van der Waals surface area (Å²) in [5.41, 5.74) is 2.61. The highest BCUT2D eigenvalue weighted by Crippen LogP contribution is 2.26. The Hall–Kier alpha value is -0.670. The Morgan fingerprint density at radius 1 is 1.54 bits per heavy atom. The number of piperidine rings is 1. The summed E-state index contributed by atoms with van der Waals surface area (Å²) in [6.45, 7) is 2.94. The maximum absolute atomic E-state index is 11.2. The standard InChI is InChI=1S/C10H13NOS/c1-7-5-13-6-9(7)10-4-8(12)2-3-11-10/h5-6,10-11H,2-4H2,1H3. The van der Waals surface area contributed by atoms with Gasteiger partial charge in [0.2, 0.25) is 0 Å². The Labute approximate surface area is 82.0 Å². The van der Waals surface area contributed by atoms with Crippen molar-refractivity contribution < 1.29 is 4.79 Å². The van der Waals surface area contributed by atoms with Crippen molar-refractivity contribution in [2.75, 3.05) is 6.54 Å². The number of carbonyl (C=O) groups is 1. The van der Waals surface area contributed by atoms with Gasteiger partial charge in [-0.05, 0) is 28.8 Å². The molecule has 13 heavy (non-hydrogen) atoms. The van der Waals surface area contributed by atoms with Crippen LogP contribution in [0, 0.1) is 6.92 Å². The maximum Gasteiger partial charge on any atom is 0.136 e. The predicted octanol–water partition coefficient (Wildman–Crippen LogP) is 2.05. The summed E-state index contributed by atoms with van der Waals surface area (Å²) in [4.78, 5) is 11.2. The minimum absolute atomic E-state index is 0.271. The van der Waals surface area contributed by atoms with E-state index in [2.05, 4.69) is 23.0 Å². The fourth-order valence-electron chi connectivity index (χ4n) is 1.73. The summed E-state index contributed by atoms with van der Waals surface area (Å²) in [6, 6.07) is 0.271. The van der Waals surface area contributed by atoms with Crippen molar-refractivity contribution in [1.82, 2.24) is 5.32 Å². The number of thiophene rings is 1. The molecule has 0 radical (unpaired) electrons. The van der Waals surface area contributed by atoms with E-state index in [1.165, 1.54) is 11.1 Å². The molecule has 1 aromatic heterocycles. The van der Waals surface area contributed by atoms with Crippen LogP contribution in [0.4, 0.5) is 0 Å². The van der Waals surface area contributed by atoms with E-state index in [0.717, 1.165) is 6.54 Å². The third-order valence-electron chi connectivity index (χ3n) is 2.50. The number of carbonyl (C=O) groups excluding carboxylic acids is 1. The van der Waals surface area contributed by atoms with Crippen LogP contribution in [0.15, 0.2) is 10.8 Å². The molecule has 0 spiro atoms. The van der Waals surface area contributed by atoms with Crippen LogP contribution in [0.1, 0.15) is 30.0 Å². The molecular weight excluding hydrogens is 182 g/mol. The van der Waals surface area contributed by atoms with E-state index in [1.54, 1.807) is 11.3 Å². The minimum Gasteiger partial charge on any atom is -0.309 e. The molecule has 1 aliphatic heterocycles. The Balaban J connectivity index is 2.17. The van der Waals surface area contributed by atoms with Gasteiger partial charge in [0.05, 0.1) is 0 Å². The van der Waals surface area contributed by atoms with E-state index in [-0.39, 0.29) is 6.04 Å². The van der Waals surface area contributed by atoms with Gasteiger partial charge in [0.1, 0.15) is 5.78 Å². The van der Waals surface area contributed by atoms with Gasteiger partial charge in [0.25, 0.3) is 0 Å². The summed E-state index contributed by atoms with van der Waals surface area (Å²) in [6.07, 6.45) is 1.36. The number of hydrogen-bond acceptors (Lipinski definition) is 3. The molecule has 70 valence electrons. The second-order valence-electron chi connectivity index (χ2n) is 3.51. The lowest BCUT2D eigenvalue weighted by atomic mass is 9.96. The molecule has 1 unspecified atom stereocenters. The normalized spacial score (nSPS) is 23.5. The first-order chi connectivity index (χ1) is 6.27. The topological polar surface area (TPSA) is 29.1 Å². The van der Waals surface area contributed by atoms with E-state index >= 15 is 0 Å². The highest BCUT2D eigenvalue weighted by Gasteiger charge is 2.21.